The molecule has 1 unspecified atom stereocenters. The molecule has 3 aromatic heterocycles. The van der Waals surface area contributed by atoms with Crippen LogP contribution >= 0.6 is 43.3 Å². The summed E-state index contributed by atoms with van der Waals surface area (Å²) in [6.07, 6.45) is 0. The maximum Gasteiger partial charge on any atom is 0.0521 e. The molecule has 4 heteroatoms. The third kappa shape index (κ3) is 2.33. The first-order valence-electron chi connectivity index (χ1n) is 5.66. The summed E-state index contributed by atoms with van der Waals surface area (Å²) in [6, 6.07) is 11.1. The predicted molar refractivity (Wildman–Crippen MR) is 89.8 cm³/mol. The van der Waals surface area contributed by atoms with Gasteiger partial charge in [-0.1, -0.05) is 0 Å². The zero-order valence-corrected chi connectivity index (χ0v) is 13.8. The second-order valence-corrected chi connectivity index (χ2v) is 8.47. The van der Waals surface area contributed by atoms with Crippen molar-refractivity contribution in [3.63, 3.8) is 0 Å². The second-order valence-electron chi connectivity index (χ2n) is 4.22. The van der Waals surface area contributed by atoms with Gasteiger partial charge < -0.3 is 0 Å². The lowest BCUT2D eigenvalue weighted by atomic mass is 10.3. The molecule has 0 nitrogen and oxygen atoms in total. The van der Waals surface area contributed by atoms with E-state index in [0.717, 1.165) is 0 Å². The standard InChI is InChI=1S/C14H13PS3/c1-8-3-5-11(16-8)13-7-10(15)14(18-13)12-6-4-9(2)17-12/h3-7H,15H2,1-2H3. The molecule has 92 valence electrons. The van der Waals surface area contributed by atoms with Gasteiger partial charge >= 0.3 is 0 Å². The summed E-state index contributed by atoms with van der Waals surface area (Å²) in [4.78, 5) is 8.26. The van der Waals surface area contributed by atoms with Gasteiger partial charge in [0.25, 0.3) is 0 Å². The van der Waals surface area contributed by atoms with E-state index in [1.165, 1.54) is 34.6 Å². The zero-order chi connectivity index (χ0) is 12.7. The van der Waals surface area contributed by atoms with Gasteiger partial charge in [-0.2, -0.15) is 0 Å². The summed E-state index contributed by atoms with van der Waals surface area (Å²) < 4.78 is 0. The molecule has 0 radical (unpaired) electrons. The van der Waals surface area contributed by atoms with Crippen molar-refractivity contribution in [2.75, 3.05) is 0 Å². The summed E-state index contributed by atoms with van der Waals surface area (Å²) in [5, 5.41) is 1.31. The molecule has 1 atom stereocenters. The molecule has 0 bridgehead atoms. The minimum Gasteiger partial charge on any atom is -0.140 e. The Labute approximate surface area is 122 Å². The van der Waals surface area contributed by atoms with Gasteiger partial charge in [0.15, 0.2) is 0 Å². The van der Waals surface area contributed by atoms with Gasteiger partial charge in [-0.3, -0.25) is 0 Å². The molecule has 0 saturated heterocycles. The highest BCUT2D eigenvalue weighted by atomic mass is 32.1. The maximum atomic E-state index is 2.87. The fraction of sp³-hybridized carbons (Fsp3) is 0.143. The van der Waals surface area contributed by atoms with E-state index in [2.05, 4.69) is 53.4 Å². The Balaban J connectivity index is 2.06. The molecule has 0 N–H and O–H groups in total. The topological polar surface area (TPSA) is 0 Å². The van der Waals surface area contributed by atoms with E-state index in [0.29, 0.717) is 0 Å². The van der Waals surface area contributed by atoms with Crippen LogP contribution in [0.1, 0.15) is 9.75 Å². The fourth-order valence-corrected chi connectivity index (χ4v) is 5.59. The summed E-state index contributed by atoms with van der Waals surface area (Å²) in [7, 11) is 2.87. The van der Waals surface area contributed by atoms with Gasteiger partial charge in [0.1, 0.15) is 0 Å². The Morgan fingerprint density at radius 2 is 1.39 bits per heavy atom. The third-order valence-electron chi connectivity index (χ3n) is 2.71. The van der Waals surface area contributed by atoms with Crippen molar-refractivity contribution < 1.29 is 0 Å². The van der Waals surface area contributed by atoms with Crippen LogP contribution in [0.5, 0.6) is 0 Å². The highest BCUT2D eigenvalue weighted by Gasteiger charge is 2.12. The molecule has 0 fully saturated rings. The highest BCUT2D eigenvalue weighted by Crippen LogP contribution is 2.39. The van der Waals surface area contributed by atoms with Crippen LogP contribution in [0.4, 0.5) is 0 Å². The lowest BCUT2D eigenvalue weighted by Crippen LogP contribution is -1.85. The lowest BCUT2D eigenvalue weighted by Gasteiger charge is -1.92. The average Bonchev–Trinajstić information content (AvgIpc) is 2.99. The Morgan fingerprint density at radius 1 is 0.778 bits per heavy atom. The van der Waals surface area contributed by atoms with Crippen LogP contribution in [-0.4, -0.2) is 0 Å². The molecule has 3 rings (SSSR count). The minimum atomic E-state index is 1.31. The van der Waals surface area contributed by atoms with Crippen LogP contribution in [0, 0.1) is 13.8 Å². The molecule has 0 saturated carbocycles. The van der Waals surface area contributed by atoms with Crippen LogP contribution in [0.3, 0.4) is 0 Å². The van der Waals surface area contributed by atoms with E-state index >= 15 is 0 Å². The first kappa shape index (κ1) is 12.6. The fourth-order valence-electron chi connectivity index (χ4n) is 1.84. The van der Waals surface area contributed by atoms with Gasteiger partial charge in [0, 0.05) is 24.4 Å². The van der Waals surface area contributed by atoms with E-state index in [1.54, 1.807) is 0 Å². The van der Waals surface area contributed by atoms with Crippen LogP contribution in [-0.2, 0) is 0 Å². The second kappa shape index (κ2) is 4.90. The summed E-state index contributed by atoms with van der Waals surface area (Å²) in [5.74, 6) is 0. The molecule has 3 heterocycles. The quantitative estimate of drug-likeness (QED) is 0.562. The van der Waals surface area contributed by atoms with Crippen molar-refractivity contribution in [3.05, 3.63) is 40.1 Å². The largest absolute Gasteiger partial charge is 0.140 e. The van der Waals surface area contributed by atoms with Crippen molar-refractivity contribution in [3.8, 4) is 19.5 Å². The first-order chi connectivity index (χ1) is 8.63. The third-order valence-corrected chi connectivity index (χ3v) is 6.90. The SMILES string of the molecule is Cc1ccc(-c2cc(P)c(-c3ccc(C)s3)s2)s1. The van der Waals surface area contributed by atoms with E-state index in [4.69, 9.17) is 0 Å². The number of aryl methyl sites for hydroxylation is 2. The Kier molecular flexibility index (Phi) is 3.42. The van der Waals surface area contributed by atoms with Crippen LogP contribution in [0.2, 0.25) is 0 Å². The number of hydrogen-bond acceptors (Lipinski definition) is 3. The van der Waals surface area contributed by atoms with Gasteiger partial charge in [0.05, 0.1) is 4.88 Å². The van der Waals surface area contributed by atoms with Crippen molar-refractivity contribution in [2.24, 2.45) is 0 Å². The summed E-state index contributed by atoms with van der Waals surface area (Å²) in [6.45, 7) is 4.32. The van der Waals surface area contributed by atoms with Crippen molar-refractivity contribution in [1.29, 1.82) is 0 Å². The van der Waals surface area contributed by atoms with Crippen molar-refractivity contribution in [1.82, 2.24) is 0 Å². The minimum absolute atomic E-state index is 1.31. The number of hydrogen-bond donors (Lipinski definition) is 0. The summed E-state index contributed by atoms with van der Waals surface area (Å²) >= 11 is 5.63. The number of thiophene rings is 3. The normalized spacial score (nSPS) is 11.1. The molecule has 3 aromatic rings. The van der Waals surface area contributed by atoms with E-state index in [9.17, 15) is 0 Å². The summed E-state index contributed by atoms with van der Waals surface area (Å²) in [5.41, 5.74) is 0. The van der Waals surface area contributed by atoms with Crippen molar-refractivity contribution >= 4 is 48.6 Å². The Hall–Kier alpha value is -0.470. The lowest BCUT2D eigenvalue weighted by molar-refractivity contribution is 1.64. The monoisotopic (exact) mass is 308 g/mol. The Morgan fingerprint density at radius 3 is 1.94 bits per heavy atom. The Bertz CT molecular complexity index is 688. The van der Waals surface area contributed by atoms with E-state index in [1.807, 2.05) is 34.0 Å². The molecule has 0 aliphatic heterocycles. The molecule has 0 amide bonds. The average molecular weight is 308 g/mol. The van der Waals surface area contributed by atoms with Gasteiger partial charge in [-0.25, -0.2) is 0 Å². The highest BCUT2D eigenvalue weighted by molar-refractivity contribution is 7.34. The van der Waals surface area contributed by atoms with Gasteiger partial charge in [-0.05, 0) is 49.5 Å². The zero-order valence-electron chi connectivity index (χ0n) is 10.2. The van der Waals surface area contributed by atoms with E-state index in [-0.39, 0.29) is 0 Å². The van der Waals surface area contributed by atoms with Gasteiger partial charge in [0.2, 0.25) is 0 Å². The van der Waals surface area contributed by atoms with Crippen LogP contribution in [0.25, 0.3) is 19.5 Å². The van der Waals surface area contributed by atoms with E-state index < -0.39 is 0 Å². The smallest absolute Gasteiger partial charge is 0.0521 e. The van der Waals surface area contributed by atoms with Gasteiger partial charge in [-0.15, -0.1) is 43.3 Å². The predicted octanol–water partition coefficient (Wildman–Crippen LogP) is 5.32. The molecule has 18 heavy (non-hydrogen) atoms. The molecular formula is C14H13PS3. The van der Waals surface area contributed by atoms with Crippen LogP contribution < -0.4 is 5.30 Å². The number of rotatable bonds is 2. The first-order valence-corrected chi connectivity index (χ1v) is 8.69. The molecular weight excluding hydrogens is 295 g/mol. The molecule has 0 aliphatic carbocycles. The maximum absolute atomic E-state index is 2.87. The van der Waals surface area contributed by atoms with Crippen molar-refractivity contribution in [2.45, 2.75) is 13.8 Å². The van der Waals surface area contributed by atoms with Crippen LogP contribution in [0.15, 0.2) is 30.3 Å². The molecule has 0 aliphatic rings. The molecule has 0 spiro atoms. The molecule has 0 aromatic carbocycles.